The molecule has 0 fully saturated rings. The Morgan fingerprint density at radius 3 is 1.72 bits per heavy atom. The van der Waals surface area contributed by atoms with Crippen LogP contribution < -0.4 is 4.57 Å². The zero-order valence-corrected chi connectivity index (χ0v) is 12.0. The van der Waals surface area contributed by atoms with Gasteiger partial charge in [0.1, 0.15) is 0 Å². The van der Waals surface area contributed by atoms with Crippen LogP contribution in [0.25, 0.3) is 11.1 Å². The fourth-order valence-corrected chi connectivity index (χ4v) is 2.64. The Balaban J connectivity index is 2.51. The molecule has 1 aromatic carbocycles. The molecular weight excluding hydrogens is 218 g/mol. The third kappa shape index (κ3) is 2.45. The van der Waals surface area contributed by atoms with Crippen LogP contribution in [0.3, 0.4) is 0 Å². The summed E-state index contributed by atoms with van der Waals surface area (Å²) in [7, 11) is 0. The molecule has 0 atom stereocenters. The molecule has 1 aromatic heterocycles. The van der Waals surface area contributed by atoms with Crippen LogP contribution in [0.2, 0.25) is 0 Å². The lowest BCUT2D eigenvalue weighted by atomic mass is 10.0. The number of aryl methyl sites for hydroxylation is 3. The van der Waals surface area contributed by atoms with E-state index in [1.54, 1.807) is 0 Å². The molecule has 1 heterocycles. The van der Waals surface area contributed by atoms with E-state index in [9.17, 15) is 0 Å². The van der Waals surface area contributed by atoms with Crippen molar-refractivity contribution in [3.05, 3.63) is 53.3 Å². The highest BCUT2D eigenvalue weighted by atomic mass is 15.0. The molecule has 0 aliphatic heterocycles. The van der Waals surface area contributed by atoms with Crippen LogP contribution >= 0.6 is 0 Å². The van der Waals surface area contributed by atoms with Crippen LogP contribution in [0.1, 0.15) is 36.8 Å². The van der Waals surface area contributed by atoms with Gasteiger partial charge >= 0.3 is 0 Å². The van der Waals surface area contributed by atoms with Crippen molar-refractivity contribution in [1.82, 2.24) is 0 Å². The first-order valence-corrected chi connectivity index (χ1v) is 6.59. The summed E-state index contributed by atoms with van der Waals surface area (Å²) in [6, 6.07) is 13.8. The zero-order chi connectivity index (χ0) is 13.3. The van der Waals surface area contributed by atoms with Crippen molar-refractivity contribution >= 4 is 0 Å². The van der Waals surface area contributed by atoms with Crippen molar-refractivity contribution in [2.24, 2.45) is 0 Å². The minimum Gasteiger partial charge on any atom is -0.198 e. The number of benzene rings is 1. The first kappa shape index (κ1) is 12.8. The quantitative estimate of drug-likeness (QED) is 0.694. The van der Waals surface area contributed by atoms with Crippen LogP contribution in [-0.2, 0) is 0 Å². The van der Waals surface area contributed by atoms with Crippen LogP contribution in [0.4, 0.5) is 0 Å². The van der Waals surface area contributed by atoms with Gasteiger partial charge in [0.05, 0.1) is 0 Å². The van der Waals surface area contributed by atoms with Gasteiger partial charge in [-0.3, -0.25) is 0 Å². The number of hydrogen-bond donors (Lipinski definition) is 0. The molecule has 1 heteroatoms. The van der Waals surface area contributed by atoms with Crippen molar-refractivity contribution < 1.29 is 4.57 Å². The molecule has 0 saturated carbocycles. The zero-order valence-electron chi connectivity index (χ0n) is 12.0. The average molecular weight is 240 g/mol. The molecule has 0 saturated heterocycles. The third-order valence-corrected chi connectivity index (χ3v) is 3.39. The third-order valence-electron chi connectivity index (χ3n) is 3.39. The lowest BCUT2D eigenvalue weighted by Crippen LogP contribution is -2.42. The second kappa shape index (κ2) is 4.93. The summed E-state index contributed by atoms with van der Waals surface area (Å²) in [4.78, 5) is 0. The van der Waals surface area contributed by atoms with Crippen molar-refractivity contribution in [3.63, 3.8) is 0 Å². The molecule has 1 nitrogen and oxygen atoms in total. The second-order valence-electron chi connectivity index (χ2n) is 5.36. The summed E-state index contributed by atoms with van der Waals surface area (Å²) in [6.07, 6.45) is 0. The molecular formula is C17H22N+. The molecule has 0 aliphatic rings. The molecule has 0 aliphatic carbocycles. The van der Waals surface area contributed by atoms with E-state index in [0.29, 0.717) is 6.04 Å². The van der Waals surface area contributed by atoms with Gasteiger partial charge < -0.3 is 0 Å². The standard InChI is InChI=1S/C17H22N/c1-12(2)18-14(4)10-17(11-15(18)5)16-8-6-13(3)7-9-16/h6-12H,1-5H3/q+1. The van der Waals surface area contributed by atoms with E-state index in [1.165, 1.54) is 28.1 Å². The van der Waals surface area contributed by atoms with Gasteiger partial charge in [-0.2, -0.15) is 4.57 Å². The van der Waals surface area contributed by atoms with E-state index in [4.69, 9.17) is 0 Å². The van der Waals surface area contributed by atoms with Crippen molar-refractivity contribution in [2.45, 2.75) is 40.7 Å². The maximum Gasteiger partial charge on any atom is 0.179 e. The van der Waals surface area contributed by atoms with Crippen molar-refractivity contribution in [3.8, 4) is 11.1 Å². The number of hydrogen-bond acceptors (Lipinski definition) is 0. The second-order valence-corrected chi connectivity index (χ2v) is 5.36. The van der Waals surface area contributed by atoms with Gasteiger partial charge in [-0.25, -0.2) is 0 Å². The van der Waals surface area contributed by atoms with E-state index in [-0.39, 0.29) is 0 Å². The van der Waals surface area contributed by atoms with Gasteiger partial charge in [0.15, 0.2) is 17.4 Å². The maximum atomic E-state index is 2.37. The molecule has 0 spiro atoms. The predicted molar refractivity (Wildman–Crippen MR) is 76.7 cm³/mol. The Morgan fingerprint density at radius 2 is 1.28 bits per heavy atom. The Hall–Kier alpha value is -1.63. The van der Waals surface area contributed by atoms with Crippen LogP contribution in [-0.4, -0.2) is 0 Å². The molecule has 0 N–H and O–H groups in total. The molecule has 94 valence electrons. The molecule has 0 unspecified atom stereocenters. The van der Waals surface area contributed by atoms with Gasteiger partial charge in [-0.1, -0.05) is 29.8 Å². The smallest absolute Gasteiger partial charge is 0.179 e. The first-order valence-electron chi connectivity index (χ1n) is 6.59. The van der Waals surface area contributed by atoms with E-state index in [0.717, 1.165) is 0 Å². The topological polar surface area (TPSA) is 3.88 Å². The number of pyridine rings is 1. The number of rotatable bonds is 2. The highest BCUT2D eigenvalue weighted by Crippen LogP contribution is 2.21. The van der Waals surface area contributed by atoms with E-state index >= 15 is 0 Å². The SMILES string of the molecule is Cc1ccc(-c2cc(C)[n+](C(C)C)c(C)c2)cc1. The largest absolute Gasteiger partial charge is 0.198 e. The van der Waals surface area contributed by atoms with E-state index in [1.807, 2.05) is 0 Å². The Labute approximate surface area is 110 Å². The molecule has 2 aromatic rings. The summed E-state index contributed by atoms with van der Waals surface area (Å²) in [5.74, 6) is 0. The van der Waals surface area contributed by atoms with Crippen molar-refractivity contribution in [2.75, 3.05) is 0 Å². The predicted octanol–water partition coefficient (Wildman–Crippen LogP) is 4.15. The molecule has 18 heavy (non-hydrogen) atoms. The van der Waals surface area contributed by atoms with E-state index < -0.39 is 0 Å². The highest BCUT2D eigenvalue weighted by Gasteiger charge is 2.16. The van der Waals surface area contributed by atoms with Crippen LogP contribution in [0, 0.1) is 20.8 Å². The van der Waals surface area contributed by atoms with Gasteiger partial charge in [0.25, 0.3) is 0 Å². The average Bonchev–Trinajstić information content (AvgIpc) is 2.28. The summed E-state index contributed by atoms with van der Waals surface area (Å²) in [6.45, 7) is 10.9. The summed E-state index contributed by atoms with van der Waals surface area (Å²) >= 11 is 0. The van der Waals surface area contributed by atoms with Gasteiger partial charge in [0, 0.05) is 26.0 Å². The fourth-order valence-electron chi connectivity index (χ4n) is 2.64. The number of aromatic nitrogens is 1. The lowest BCUT2D eigenvalue weighted by Gasteiger charge is -2.10. The Morgan fingerprint density at radius 1 is 0.778 bits per heavy atom. The monoisotopic (exact) mass is 240 g/mol. The molecule has 0 amide bonds. The highest BCUT2D eigenvalue weighted by molar-refractivity contribution is 5.63. The molecule has 0 bridgehead atoms. The normalized spacial score (nSPS) is 11.0. The molecule has 2 rings (SSSR count). The minimum absolute atomic E-state index is 0.511. The van der Waals surface area contributed by atoms with Crippen molar-refractivity contribution in [1.29, 1.82) is 0 Å². The minimum atomic E-state index is 0.511. The summed E-state index contributed by atoms with van der Waals surface area (Å²) in [5, 5.41) is 0. The van der Waals surface area contributed by atoms with Crippen LogP contribution in [0.15, 0.2) is 36.4 Å². The first-order chi connectivity index (χ1) is 8.49. The Kier molecular flexibility index (Phi) is 3.51. The van der Waals surface area contributed by atoms with Gasteiger partial charge in [0.2, 0.25) is 0 Å². The maximum absolute atomic E-state index is 2.37. The van der Waals surface area contributed by atoms with Gasteiger partial charge in [-0.05, 0) is 31.9 Å². The van der Waals surface area contributed by atoms with E-state index in [2.05, 4.69) is 75.6 Å². The summed E-state index contributed by atoms with van der Waals surface area (Å²) in [5.41, 5.74) is 6.55. The molecule has 0 radical (unpaired) electrons. The lowest BCUT2D eigenvalue weighted by molar-refractivity contribution is -0.727. The number of nitrogens with zero attached hydrogens (tertiary/aromatic N) is 1. The fraction of sp³-hybridized carbons (Fsp3) is 0.353. The summed E-state index contributed by atoms with van der Waals surface area (Å²) < 4.78 is 2.37. The van der Waals surface area contributed by atoms with Crippen LogP contribution in [0.5, 0.6) is 0 Å². The Bertz CT molecular complexity index is 527. The van der Waals surface area contributed by atoms with Gasteiger partial charge in [-0.15, -0.1) is 0 Å².